The van der Waals surface area contributed by atoms with Gasteiger partial charge in [0.25, 0.3) is 0 Å². The fraction of sp³-hybridized carbons (Fsp3) is 0. The molecule has 0 spiro atoms. The predicted molar refractivity (Wildman–Crippen MR) is 38.3 cm³/mol. The minimum atomic E-state index is -0.233. The molecule has 0 radical (unpaired) electrons. The first-order valence-corrected chi connectivity index (χ1v) is 2.92. The summed E-state index contributed by atoms with van der Waals surface area (Å²) in [6.07, 6.45) is 0. The van der Waals surface area contributed by atoms with E-state index in [1.807, 2.05) is 0 Å². The van der Waals surface area contributed by atoms with E-state index < -0.39 is 0 Å². The van der Waals surface area contributed by atoms with Gasteiger partial charge in [0.1, 0.15) is 0 Å². The van der Waals surface area contributed by atoms with Crippen LogP contribution in [-0.2, 0) is 0 Å². The topological polar surface area (TPSA) is 24.7 Å². The Balaban J connectivity index is 3.76. The molecule has 2 nitrogen and oxygen atoms in total. The Morgan fingerprint density at radius 2 is 1.00 bits per heavy atom. The Labute approximate surface area is 66.1 Å². The molecule has 0 N–H and O–H groups in total. The average Bonchev–Trinajstić information content (AvgIpc) is 1.61. The van der Waals surface area contributed by atoms with Crippen molar-refractivity contribution in [3.05, 3.63) is 0 Å². The van der Waals surface area contributed by atoms with Gasteiger partial charge in [0.05, 0.1) is 0 Å². The molecule has 0 rings (SSSR count). The minimum absolute atomic E-state index is 0.233. The van der Waals surface area contributed by atoms with Crippen LogP contribution in [0.4, 0.5) is 0 Å². The van der Waals surface area contributed by atoms with Crippen molar-refractivity contribution in [1.29, 1.82) is 0 Å². The summed E-state index contributed by atoms with van der Waals surface area (Å²) in [4.78, 5) is 0. The maximum Gasteiger partial charge on any atom is 0.218 e. The van der Waals surface area contributed by atoms with Gasteiger partial charge in [-0.05, 0) is 46.4 Å². The second-order valence-corrected chi connectivity index (χ2v) is 2.50. The molecule has 0 aliphatic heterocycles. The highest BCUT2D eigenvalue weighted by Gasteiger charge is 1.82. The van der Waals surface area contributed by atoms with E-state index in [2.05, 4.69) is 10.2 Å². The second kappa shape index (κ2) is 4.39. The lowest BCUT2D eigenvalue weighted by Gasteiger charge is -1.75. The zero-order chi connectivity index (χ0) is 6.57. The van der Waals surface area contributed by atoms with Crippen LogP contribution in [0.25, 0.3) is 0 Å². The summed E-state index contributed by atoms with van der Waals surface area (Å²) >= 11 is 20.1. The van der Waals surface area contributed by atoms with Crippen molar-refractivity contribution >= 4 is 55.7 Å². The third kappa shape index (κ3) is 6.50. The van der Waals surface area contributed by atoms with Crippen molar-refractivity contribution in [2.75, 3.05) is 0 Å². The van der Waals surface area contributed by atoms with Crippen molar-refractivity contribution in [2.24, 2.45) is 10.2 Å². The standard InChI is InChI=1S/C2Cl4N2/c3-1(4)7-8-2(5)6. The minimum Gasteiger partial charge on any atom is -0.123 e. The lowest BCUT2D eigenvalue weighted by molar-refractivity contribution is 1.28. The number of hydrogen-bond donors (Lipinski definition) is 0. The van der Waals surface area contributed by atoms with Crippen LogP contribution in [0.3, 0.4) is 0 Å². The molecule has 0 saturated heterocycles. The normalized spacial score (nSPS) is 8.00. The lowest BCUT2D eigenvalue weighted by Crippen LogP contribution is -1.69. The third-order valence-corrected chi connectivity index (χ3v) is 0.504. The van der Waals surface area contributed by atoms with Gasteiger partial charge >= 0.3 is 0 Å². The molecule has 6 heteroatoms. The first-order chi connectivity index (χ1) is 3.63. The molecule has 0 atom stereocenters. The van der Waals surface area contributed by atoms with Gasteiger partial charge in [-0.1, -0.05) is 0 Å². The Kier molecular flexibility index (Phi) is 4.66. The van der Waals surface area contributed by atoms with Gasteiger partial charge in [0.2, 0.25) is 9.26 Å². The van der Waals surface area contributed by atoms with Gasteiger partial charge in [-0.2, -0.15) is 0 Å². The SMILES string of the molecule is ClC(Cl)=NN=C(Cl)Cl. The molecule has 0 aromatic heterocycles. The Bertz CT molecular complexity index is 104. The van der Waals surface area contributed by atoms with E-state index in [1.165, 1.54) is 0 Å². The molecule has 0 amide bonds. The summed E-state index contributed by atoms with van der Waals surface area (Å²) < 4.78 is -0.465. The second-order valence-electron chi connectivity index (χ2n) is 0.681. The van der Waals surface area contributed by atoms with Crippen molar-refractivity contribution in [3.63, 3.8) is 0 Å². The van der Waals surface area contributed by atoms with Crippen molar-refractivity contribution in [1.82, 2.24) is 0 Å². The van der Waals surface area contributed by atoms with Crippen molar-refractivity contribution < 1.29 is 0 Å². The molecule has 46 valence electrons. The molecule has 0 aliphatic rings. The van der Waals surface area contributed by atoms with E-state index in [0.29, 0.717) is 0 Å². The van der Waals surface area contributed by atoms with Gasteiger partial charge in [-0.25, -0.2) is 0 Å². The molecule has 0 aliphatic carbocycles. The Morgan fingerprint density at radius 3 is 1.12 bits per heavy atom. The van der Waals surface area contributed by atoms with Gasteiger partial charge in [-0.3, -0.25) is 0 Å². The van der Waals surface area contributed by atoms with E-state index in [4.69, 9.17) is 46.4 Å². The lowest BCUT2D eigenvalue weighted by atomic mass is 11.6. The molecule has 0 bridgehead atoms. The summed E-state index contributed by atoms with van der Waals surface area (Å²) in [5.41, 5.74) is 0. The molecule has 0 saturated carbocycles. The average molecular weight is 194 g/mol. The molecule has 0 unspecified atom stereocenters. The van der Waals surface area contributed by atoms with Crippen LogP contribution in [0.2, 0.25) is 0 Å². The molecular formula is C2Cl4N2. The fourth-order valence-electron chi connectivity index (χ4n) is 0.0756. The maximum atomic E-state index is 5.01. The van der Waals surface area contributed by atoms with Gasteiger partial charge in [0, 0.05) is 0 Å². The highest BCUT2D eigenvalue weighted by Crippen LogP contribution is 1.96. The molecule has 8 heavy (non-hydrogen) atoms. The smallest absolute Gasteiger partial charge is 0.123 e. The summed E-state index contributed by atoms with van der Waals surface area (Å²) in [5, 5.41) is 6.19. The summed E-state index contributed by atoms with van der Waals surface area (Å²) in [7, 11) is 0. The number of hydrogen-bond acceptors (Lipinski definition) is 2. The number of halogens is 4. The van der Waals surface area contributed by atoms with Crippen molar-refractivity contribution in [2.45, 2.75) is 0 Å². The molecule has 0 aromatic rings. The largest absolute Gasteiger partial charge is 0.218 e. The third-order valence-electron chi connectivity index (χ3n) is 0.201. The summed E-state index contributed by atoms with van der Waals surface area (Å²) in [5.74, 6) is 0. The van der Waals surface area contributed by atoms with Crippen LogP contribution in [0.5, 0.6) is 0 Å². The number of rotatable bonds is 1. The van der Waals surface area contributed by atoms with Crippen LogP contribution in [0.1, 0.15) is 0 Å². The quantitative estimate of drug-likeness (QED) is 0.452. The van der Waals surface area contributed by atoms with Crippen LogP contribution in [-0.4, -0.2) is 9.26 Å². The highest BCUT2D eigenvalue weighted by molar-refractivity contribution is 6.96. The van der Waals surface area contributed by atoms with E-state index in [9.17, 15) is 0 Å². The van der Waals surface area contributed by atoms with E-state index in [-0.39, 0.29) is 9.26 Å². The van der Waals surface area contributed by atoms with E-state index in [1.54, 1.807) is 0 Å². The summed E-state index contributed by atoms with van der Waals surface area (Å²) in [6.45, 7) is 0. The zero-order valence-electron chi connectivity index (χ0n) is 3.41. The van der Waals surface area contributed by atoms with Crippen LogP contribution < -0.4 is 0 Å². The van der Waals surface area contributed by atoms with Gasteiger partial charge in [0.15, 0.2) is 0 Å². The van der Waals surface area contributed by atoms with Crippen LogP contribution in [0.15, 0.2) is 10.2 Å². The Morgan fingerprint density at radius 1 is 0.750 bits per heavy atom. The van der Waals surface area contributed by atoms with Crippen LogP contribution >= 0.6 is 46.4 Å². The monoisotopic (exact) mass is 192 g/mol. The molecular weight excluding hydrogens is 194 g/mol. The molecule has 0 fully saturated rings. The van der Waals surface area contributed by atoms with Crippen LogP contribution in [0, 0.1) is 0 Å². The zero-order valence-corrected chi connectivity index (χ0v) is 6.43. The highest BCUT2D eigenvalue weighted by atomic mass is 35.5. The first kappa shape index (κ1) is 8.50. The first-order valence-electron chi connectivity index (χ1n) is 1.40. The molecule has 0 heterocycles. The summed E-state index contributed by atoms with van der Waals surface area (Å²) in [6, 6.07) is 0. The van der Waals surface area contributed by atoms with E-state index >= 15 is 0 Å². The van der Waals surface area contributed by atoms with Gasteiger partial charge < -0.3 is 0 Å². The maximum absolute atomic E-state index is 5.01. The van der Waals surface area contributed by atoms with Gasteiger partial charge in [-0.15, -0.1) is 10.2 Å². The van der Waals surface area contributed by atoms with Crippen molar-refractivity contribution in [3.8, 4) is 0 Å². The molecule has 0 aromatic carbocycles. The number of nitrogens with zero attached hydrogens (tertiary/aromatic N) is 2. The van der Waals surface area contributed by atoms with E-state index in [0.717, 1.165) is 0 Å². The Hall–Kier alpha value is 0.500. The fourth-order valence-corrected chi connectivity index (χ4v) is 0.227. The predicted octanol–water partition coefficient (Wildman–Crippen LogP) is 2.57.